The first-order valence-corrected chi connectivity index (χ1v) is 16.4. The molecule has 0 bridgehead atoms. The van der Waals surface area contributed by atoms with E-state index in [1.54, 1.807) is 29.9 Å². The van der Waals surface area contributed by atoms with Gasteiger partial charge in [0, 0.05) is 12.3 Å². The molecule has 42 heavy (non-hydrogen) atoms. The molecule has 9 rings (SSSR count). The molecule has 6 aliphatic carbocycles. The number of H-pyrrole nitrogens is 1. The molecule has 0 amide bonds. The third kappa shape index (κ3) is 4.22. The molecule has 0 unspecified atom stereocenters. The van der Waals surface area contributed by atoms with Gasteiger partial charge in [-0.2, -0.15) is 10.2 Å². The lowest BCUT2D eigenvalue weighted by Gasteiger charge is -2.06. The van der Waals surface area contributed by atoms with Crippen LogP contribution in [0.15, 0.2) is 36.7 Å². The molecular weight excluding hydrogens is 550 g/mol. The summed E-state index contributed by atoms with van der Waals surface area (Å²) in [7, 11) is 0. The quantitative estimate of drug-likeness (QED) is 0.191. The van der Waals surface area contributed by atoms with Gasteiger partial charge in [-0.25, -0.2) is 19.6 Å². The summed E-state index contributed by atoms with van der Waals surface area (Å²) in [4.78, 5) is 16.1. The molecule has 3 aromatic heterocycles. The van der Waals surface area contributed by atoms with Gasteiger partial charge >= 0.3 is 5.97 Å². The number of aromatic nitrogens is 5. The summed E-state index contributed by atoms with van der Waals surface area (Å²) in [6.07, 6.45) is 20.4. The van der Waals surface area contributed by atoms with Crippen molar-refractivity contribution in [2.24, 2.45) is 33.5 Å². The minimum Gasteiger partial charge on any atom is -0.478 e. The van der Waals surface area contributed by atoms with Crippen LogP contribution in [0.1, 0.15) is 93.6 Å². The molecule has 0 aliphatic heterocycles. The van der Waals surface area contributed by atoms with E-state index in [2.05, 4.69) is 20.3 Å². The summed E-state index contributed by atoms with van der Waals surface area (Å²) < 4.78 is 12.3. The summed E-state index contributed by atoms with van der Waals surface area (Å²) in [5.74, 6) is 2.96. The van der Waals surface area contributed by atoms with Gasteiger partial charge in [0.05, 0.1) is 30.7 Å². The normalized spacial score (nSPS) is 23.5. The summed E-state index contributed by atoms with van der Waals surface area (Å²) >= 11 is 6.15. The van der Waals surface area contributed by atoms with Crippen molar-refractivity contribution >= 4 is 17.6 Å². The van der Waals surface area contributed by atoms with Gasteiger partial charge in [0.2, 0.25) is 5.88 Å². The first-order chi connectivity index (χ1) is 20.5. The van der Waals surface area contributed by atoms with Gasteiger partial charge < -0.3 is 9.47 Å². The van der Waals surface area contributed by atoms with Gasteiger partial charge in [-0.15, -0.1) is 0 Å². The topological polar surface area (TPSA) is 94.9 Å². The molecule has 3 heterocycles. The van der Waals surface area contributed by atoms with Gasteiger partial charge in [-0.3, -0.25) is 0 Å². The van der Waals surface area contributed by atoms with Crippen LogP contribution in [0.4, 0.5) is 0 Å². The molecule has 1 N–H and O–H groups in total. The van der Waals surface area contributed by atoms with Crippen LogP contribution >= 0.6 is 11.6 Å². The minimum atomic E-state index is -0.454. The molecule has 9 heteroatoms. The van der Waals surface area contributed by atoms with Crippen LogP contribution in [0.3, 0.4) is 0 Å². The van der Waals surface area contributed by atoms with Crippen molar-refractivity contribution in [3.8, 4) is 11.7 Å². The number of aromatic amines is 1. The Morgan fingerprint density at radius 3 is 2.21 bits per heavy atom. The van der Waals surface area contributed by atoms with Crippen molar-refractivity contribution in [1.82, 2.24) is 25.0 Å². The standard InChI is InChI=1S/C21H24ClN3O2.C12H16N2O/c1-2-27-19(26)15-6-7-17(23-18(15)22)25-13-8-14(24-25)4-3-5-16-20(9-10-20)21(16)11-12-21;1-7-13-14-10(1)15-8-2-9-11(3-4-11)12(9)5-6-12/h6-8,13,16H,2-5,9-12H2,1H3;1,7,9H,2-6,8H2,(H,13,14). The Morgan fingerprint density at radius 1 is 0.976 bits per heavy atom. The minimum absolute atomic E-state index is 0.140. The van der Waals surface area contributed by atoms with E-state index in [1.807, 2.05) is 18.3 Å². The second kappa shape index (κ2) is 9.57. The van der Waals surface area contributed by atoms with Crippen LogP contribution in [0, 0.1) is 33.5 Å². The highest BCUT2D eigenvalue weighted by Crippen LogP contribution is 2.94. The fourth-order valence-corrected chi connectivity index (χ4v) is 9.57. The first kappa shape index (κ1) is 26.7. The highest BCUT2D eigenvalue weighted by atomic mass is 35.5. The maximum atomic E-state index is 11.8. The molecule has 3 aromatic rings. The van der Waals surface area contributed by atoms with Gasteiger partial charge in [0.25, 0.3) is 0 Å². The van der Waals surface area contributed by atoms with Crippen LogP contribution in [-0.2, 0) is 11.2 Å². The van der Waals surface area contributed by atoms with E-state index in [1.165, 1.54) is 70.6 Å². The Hall–Kier alpha value is -2.87. The molecule has 222 valence electrons. The Morgan fingerprint density at radius 2 is 1.64 bits per heavy atom. The molecule has 6 aliphatic rings. The Balaban J connectivity index is 0.000000149. The number of nitrogens with one attached hydrogen (secondary N) is 1. The predicted octanol–water partition coefficient (Wildman–Crippen LogP) is 6.98. The van der Waals surface area contributed by atoms with Crippen molar-refractivity contribution < 1.29 is 14.3 Å². The average Bonchev–Trinajstić information content (AvgIpc) is 3.74. The molecule has 6 fully saturated rings. The van der Waals surface area contributed by atoms with Gasteiger partial charge in [-0.05, 0) is 136 Å². The lowest BCUT2D eigenvalue weighted by Crippen LogP contribution is -2.08. The third-order valence-electron chi connectivity index (χ3n) is 11.9. The number of nitrogens with zero attached hydrogens (tertiary/aromatic N) is 4. The number of pyridine rings is 1. The van der Waals surface area contributed by atoms with E-state index in [-0.39, 0.29) is 10.7 Å². The van der Waals surface area contributed by atoms with Crippen molar-refractivity contribution in [3.05, 3.63) is 53.1 Å². The zero-order valence-corrected chi connectivity index (χ0v) is 25.2. The zero-order chi connectivity index (χ0) is 28.6. The largest absolute Gasteiger partial charge is 0.478 e. The van der Waals surface area contributed by atoms with E-state index >= 15 is 0 Å². The van der Waals surface area contributed by atoms with Crippen LogP contribution in [-0.4, -0.2) is 44.1 Å². The summed E-state index contributed by atoms with van der Waals surface area (Å²) in [6, 6.07) is 7.31. The van der Waals surface area contributed by atoms with Crippen LogP contribution in [0.5, 0.6) is 5.88 Å². The van der Waals surface area contributed by atoms with Gasteiger partial charge in [-0.1, -0.05) is 11.6 Å². The lowest BCUT2D eigenvalue weighted by molar-refractivity contribution is 0.0526. The fraction of sp³-hybridized carbons (Fsp3) is 0.636. The van der Waals surface area contributed by atoms with E-state index in [4.69, 9.17) is 21.1 Å². The molecule has 0 aromatic carbocycles. The number of carbonyl (C=O) groups excluding carboxylic acids is 1. The zero-order valence-electron chi connectivity index (χ0n) is 24.4. The summed E-state index contributed by atoms with van der Waals surface area (Å²) in [6.45, 7) is 2.93. The number of rotatable bonds is 11. The number of hydrogen-bond acceptors (Lipinski definition) is 6. The number of fused-ring (bicyclic) bond motifs is 2. The fourth-order valence-electron chi connectivity index (χ4n) is 9.34. The van der Waals surface area contributed by atoms with Crippen LogP contribution in [0.2, 0.25) is 5.15 Å². The van der Waals surface area contributed by atoms with E-state index in [0.717, 1.165) is 58.1 Å². The lowest BCUT2D eigenvalue weighted by atomic mass is 10.1. The molecule has 8 nitrogen and oxygen atoms in total. The molecular formula is C33H40ClN5O3. The number of carbonyl (C=O) groups is 1. The summed E-state index contributed by atoms with van der Waals surface area (Å²) in [5, 5.41) is 11.5. The number of ether oxygens (including phenoxy) is 2. The number of halogens is 1. The summed E-state index contributed by atoms with van der Waals surface area (Å²) in [5.41, 5.74) is 4.61. The van der Waals surface area contributed by atoms with Crippen molar-refractivity contribution in [2.45, 2.75) is 84.0 Å². The van der Waals surface area contributed by atoms with E-state index in [0.29, 0.717) is 12.4 Å². The number of esters is 1. The Labute approximate surface area is 251 Å². The SMILES string of the molecule is CCOC(=O)c1ccc(-n2ccc(CCCC3C4(CC4)C34CC4)n2)nc1Cl.c1cc(OCCC2C3(CC3)C23CC3)[nH]n1. The second-order valence-corrected chi connectivity index (χ2v) is 14.0. The third-order valence-corrected chi connectivity index (χ3v) is 12.2. The average molecular weight is 590 g/mol. The van der Waals surface area contributed by atoms with Crippen LogP contribution in [0.25, 0.3) is 5.82 Å². The predicted molar refractivity (Wildman–Crippen MR) is 158 cm³/mol. The monoisotopic (exact) mass is 589 g/mol. The maximum Gasteiger partial charge on any atom is 0.341 e. The smallest absolute Gasteiger partial charge is 0.341 e. The van der Waals surface area contributed by atoms with Crippen molar-refractivity contribution in [2.75, 3.05) is 13.2 Å². The highest BCUT2D eigenvalue weighted by molar-refractivity contribution is 6.32. The van der Waals surface area contributed by atoms with Crippen molar-refractivity contribution in [3.63, 3.8) is 0 Å². The van der Waals surface area contributed by atoms with Gasteiger partial charge in [0.15, 0.2) is 5.82 Å². The number of hydrogen-bond donors (Lipinski definition) is 1. The highest BCUT2D eigenvalue weighted by Gasteiger charge is 2.86. The second-order valence-electron chi connectivity index (χ2n) is 13.7. The Bertz CT molecular complexity index is 1450. The van der Waals surface area contributed by atoms with Crippen LogP contribution < -0.4 is 4.74 Å². The molecule has 4 spiro atoms. The van der Waals surface area contributed by atoms with E-state index in [9.17, 15) is 4.79 Å². The maximum absolute atomic E-state index is 11.8. The van der Waals surface area contributed by atoms with E-state index < -0.39 is 5.97 Å². The number of aryl methyl sites for hydroxylation is 1. The van der Waals surface area contributed by atoms with Gasteiger partial charge in [0.1, 0.15) is 5.15 Å². The molecule has 0 saturated heterocycles. The molecule has 0 atom stereocenters. The van der Waals surface area contributed by atoms with Crippen molar-refractivity contribution in [1.29, 1.82) is 0 Å². The Kier molecular flexibility index (Phi) is 6.09. The first-order valence-electron chi connectivity index (χ1n) is 16.0. The molecule has 0 radical (unpaired) electrons. The molecule has 6 saturated carbocycles.